The van der Waals surface area contributed by atoms with Gasteiger partial charge in [0.15, 0.2) is 0 Å². The van der Waals surface area contributed by atoms with E-state index in [1.165, 1.54) is 25.7 Å². The van der Waals surface area contributed by atoms with Gasteiger partial charge in [0.05, 0.1) is 0 Å². The van der Waals surface area contributed by atoms with Crippen LogP contribution in [-0.2, 0) is 0 Å². The van der Waals surface area contributed by atoms with E-state index in [0.717, 1.165) is 44.2 Å². The third kappa shape index (κ3) is 2.61. The fourth-order valence-electron chi connectivity index (χ4n) is 3.24. The lowest BCUT2D eigenvalue weighted by molar-refractivity contribution is 0.257. The van der Waals surface area contributed by atoms with Gasteiger partial charge in [-0.2, -0.15) is 4.98 Å². The summed E-state index contributed by atoms with van der Waals surface area (Å²) >= 11 is 0. The second-order valence-corrected chi connectivity index (χ2v) is 6.50. The molecule has 2 fully saturated rings. The van der Waals surface area contributed by atoms with Crippen molar-refractivity contribution in [2.75, 3.05) is 24.5 Å². The third-order valence-electron chi connectivity index (χ3n) is 4.98. The summed E-state index contributed by atoms with van der Waals surface area (Å²) < 4.78 is 0. The summed E-state index contributed by atoms with van der Waals surface area (Å²) in [5, 5.41) is 7.57. The van der Waals surface area contributed by atoms with Gasteiger partial charge in [-0.25, -0.2) is 0 Å². The molecule has 1 saturated heterocycles. The number of nitrogens with two attached hydrogens (primary N) is 1. The second-order valence-electron chi connectivity index (χ2n) is 6.50. The van der Waals surface area contributed by atoms with Crippen LogP contribution in [0.3, 0.4) is 0 Å². The number of aromatic amines is 1. The molecule has 19 heavy (non-hydrogen) atoms. The highest BCUT2D eigenvalue weighted by molar-refractivity contribution is 5.30. The van der Waals surface area contributed by atoms with E-state index < -0.39 is 0 Å². The predicted molar refractivity (Wildman–Crippen MR) is 76.2 cm³/mol. The fourth-order valence-corrected chi connectivity index (χ4v) is 3.24. The van der Waals surface area contributed by atoms with Crippen LogP contribution in [0.1, 0.15) is 57.2 Å². The van der Waals surface area contributed by atoms with E-state index in [1.807, 2.05) is 0 Å². The average molecular weight is 263 g/mol. The van der Waals surface area contributed by atoms with Crippen LogP contribution in [0, 0.1) is 5.41 Å². The number of H-pyrrole nitrogens is 1. The molecule has 5 heteroatoms. The number of nitrogens with zero attached hydrogens (tertiary/aromatic N) is 3. The highest BCUT2D eigenvalue weighted by Crippen LogP contribution is 2.34. The van der Waals surface area contributed by atoms with Crippen LogP contribution in [0.4, 0.5) is 5.95 Å². The molecule has 3 rings (SSSR count). The summed E-state index contributed by atoms with van der Waals surface area (Å²) in [6.07, 6.45) is 7.46. The summed E-state index contributed by atoms with van der Waals surface area (Å²) in [4.78, 5) is 7.02. The van der Waals surface area contributed by atoms with Crippen molar-refractivity contribution < 1.29 is 0 Å². The van der Waals surface area contributed by atoms with Gasteiger partial charge in [0.2, 0.25) is 5.95 Å². The SMILES string of the molecule is CC1(CN)CCN(c2n[nH]c(C3CCCC3)n2)CC1. The topological polar surface area (TPSA) is 70.8 Å². The van der Waals surface area contributed by atoms with Gasteiger partial charge in [-0.15, -0.1) is 5.10 Å². The Hall–Kier alpha value is -1.10. The number of hydrogen-bond donors (Lipinski definition) is 2. The maximum absolute atomic E-state index is 5.85. The lowest BCUT2D eigenvalue weighted by Gasteiger charge is -2.38. The molecule has 1 aliphatic heterocycles. The summed E-state index contributed by atoms with van der Waals surface area (Å²) in [5.74, 6) is 2.60. The Bertz CT molecular complexity index is 413. The molecule has 1 aromatic rings. The molecule has 2 aliphatic rings. The van der Waals surface area contributed by atoms with E-state index in [-0.39, 0.29) is 0 Å². The lowest BCUT2D eigenvalue weighted by Crippen LogP contribution is -2.42. The Balaban J connectivity index is 1.64. The van der Waals surface area contributed by atoms with Crippen molar-refractivity contribution in [3.05, 3.63) is 5.82 Å². The molecule has 2 heterocycles. The van der Waals surface area contributed by atoms with Crippen molar-refractivity contribution in [3.8, 4) is 0 Å². The molecule has 1 saturated carbocycles. The minimum atomic E-state index is 0.307. The number of hydrogen-bond acceptors (Lipinski definition) is 4. The van der Waals surface area contributed by atoms with Crippen LogP contribution in [0.5, 0.6) is 0 Å². The molecule has 0 amide bonds. The predicted octanol–water partition coefficient (Wildman–Crippen LogP) is 2.03. The standard InChI is InChI=1S/C14H25N5/c1-14(10-15)6-8-19(9-7-14)13-16-12(17-18-13)11-4-2-3-5-11/h11H,2-10,15H2,1H3,(H,16,17,18). The molecule has 1 aliphatic carbocycles. The van der Waals surface area contributed by atoms with Crippen LogP contribution in [-0.4, -0.2) is 34.8 Å². The van der Waals surface area contributed by atoms with Crippen LogP contribution >= 0.6 is 0 Å². The molecule has 106 valence electrons. The van der Waals surface area contributed by atoms with Gasteiger partial charge in [-0.05, 0) is 37.6 Å². The largest absolute Gasteiger partial charge is 0.340 e. The Morgan fingerprint density at radius 1 is 1.32 bits per heavy atom. The van der Waals surface area contributed by atoms with Crippen molar-refractivity contribution >= 4 is 5.95 Å². The number of aromatic nitrogens is 3. The maximum Gasteiger partial charge on any atom is 0.244 e. The van der Waals surface area contributed by atoms with E-state index >= 15 is 0 Å². The molecule has 0 radical (unpaired) electrons. The zero-order valence-corrected chi connectivity index (χ0v) is 11.9. The van der Waals surface area contributed by atoms with Crippen molar-refractivity contribution in [1.29, 1.82) is 0 Å². The highest BCUT2D eigenvalue weighted by atomic mass is 15.4. The van der Waals surface area contributed by atoms with Gasteiger partial charge in [0.1, 0.15) is 5.82 Å². The Labute approximate surface area is 115 Å². The van der Waals surface area contributed by atoms with Gasteiger partial charge in [0, 0.05) is 19.0 Å². The van der Waals surface area contributed by atoms with Gasteiger partial charge in [0.25, 0.3) is 0 Å². The smallest absolute Gasteiger partial charge is 0.244 e. The molecule has 0 atom stereocenters. The number of piperidine rings is 1. The van der Waals surface area contributed by atoms with Gasteiger partial charge >= 0.3 is 0 Å². The van der Waals surface area contributed by atoms with E-state index in [4.69, 9.17) is 10.7 Å². The average Bonchev–Trinajstić information content (AvgIpc) is 3.10. The van der Waals surface area contributed by atoms with Crippen LogP contribution in [0.25, 0.3) is 0 Å². The number of nitrogens with one attached hydrogen (secondary N) is 1. The summed E-state index contributed by atoms with van der Waals surface area (Å²) in [6.45, 7) is 5.11. The van der Waals surface area contributed by atoms with Crippen LogP contribution < -0.4 is 10.6 Å². The van der Waals surface area contributed by atoms with Crippen molar-refractivity contribution in [1.82, 2.24) is 15.2 Å². The van der Waals surface area contributed by atoms with Crippen molar-refractivity contribution in [3.63, 3.8) is 0 Å². The van der Waals surface area contributed by atoms with E-state index in [9.17, 15) is 0 Å². The van der Waals surface area contributed by atoms with Crippen LogP contribution in [0.2, 0.25) is 0 Å². The molecule has 0 bridgehead atoms. The molecule has 5 nitrogen and oxygen atoms in total. The second kappa shape index (κ2) is 5.12. The Kier molecular flexibility index (Phi) is 3.48. The summed E-state index contributed by atoms with van der Waals surface area (Å²) in [6, 6.07) is 0. The summed E-state index contributed by atoms with van der Waals surface area (Å²) in [7, 11) is 0. The zero-order chi connectivity index (χ0) is 13.3. The quantitative estimate of drug-likeness (QED) is 0.875. The Morgan fingerprint density at radius 2 is 2.00 bits per heavy atom. The Morgan fingerprint density at radius 3 is 2.63 bits per heavy atom. The maximum atomic E-state index is 5.85. The minimum absolute atomic E-state index is 0.307. The van der Waals surface area contributed by atoms with Gasteiger partial charge in [-0.1, -0.05) is 19.8 Å². The first kappa shape index (κ1) is 12.9. The van der Waals surface area contributed by atoms with Gasteiger partial charge < -0.3 is 10.6 Å². The first-order valence-electron chi connectivity index (χ1n) is 7.57. The molecule has 3 N–H and O–H groups in total. The molecule has 1 aromatic heterocycles. The molecular weight excluding hydrogens is 238 g/mol. The molecule has 0 unspecified atom stereocenters. The number of rotatable bonds is 3. The zero-order valence-electron chi connectivity index (χ0n) is 11.9. The van der Waals surface area contributed by atoms with Crippen LogP contribution in [0.15, 0.2) is 0 Å². The third-order valence-corrected chi connectivity index (χ3v) is 4.98. The van der Waals surface area contributed by atoms with E-state index in [1.54, 1.807) is 0 Å². The highest BCUT2D eigenvalue weighted by Gasteiger charge is 2.30. The van der Waals surface area contributed by atoms with E-state index in [2.05, 4.69) is 22.0 Å². The van der Waals surface area contributed by atoms with Gasteiger partial charge in [-0.3, -0.25) is 5.10 Å². The number of anilines is 1. The van der Waals surface area contributed by atoms with Crippen molar-refractivity contribution in [2.24, 2.45) is 11.1 Å². The first-order valence-corrected chi connectivity index (χ1v) is 7.57. The normalized spacial score (nSPS) is 24.0. The fraction of sp³-hybridized carbons (Fsp3) is 0.857. The summed E-state index contributed by atoms with van der Waals surface area (Å²) in [5.41, 5.74) is 6.16. The minimum Gasteiger partial charge on any atom is -0.340 e. The van der Waals surface area contributed by atoms with Crippen molar-refractivity contribution in [2.45, 2.75) is 51.4 Å². The molecule has 0 spiro atoms. The lowest BCUT2D eigenvalue weighted by atomic mass is 9.81. The molecular formula is C14H25N5. The van der Waals surface area contributed by atoms with E-state index in [0.29, 0.717) is 11.3 Å². The first-order chi connectivity index (χ1) is 9.20. The monoisotopic (exact) mass is 263 g/mol. The molecule has 0 aromatic carbocycles.